The summed E-state index contributed by atoms with van der Waals surface area (Å²) in [6.45, 7) is 2.22. The van der Waals surface area contributed by atoms with Gasteiger partial charge in [0, 0.05) is 47.8 Å². The molecule has 5 rings (SSSR count). The smallest absolute Gasteiger partial charge is 0.248 e. The maximum atomic E-state index is 15.3. The molecule has 1 aliphatic heterocycles. The zero-order valence-corrected chi connectivity index (χ0v) is 20.0. The molecule has 1 unspecified atom stereocenters. The van der Waals surface area contributed by atoms with Gasteiger partial charge >= 0.3 is 0 Å². The molecule has 1 fully saturated rings. The van der Waals surface area contributed by atoms with Crippen LogP contribution in [0.15, 0.2) is 36.8 Å². The van der Waals surface area contributed by atoms with Gasteiger partial charge in [0.05, 0.1) is 15.6 Å². The molecular formula is C24H19Cl2F3N4O2. The van der Waals surface area contributed by atoms with Crippen molar-refractivity contribution in [1.82, 2.24) is 19.7 Å². The van der Waals surface area contributed by atoms with E-state index >= 15 is 4.39 Å². The topological polar surface area (TPSA) is 62.1 Å². The zero-order valence-electron chi connectivity index (χ0n) is 18.4. The van der Waals surface area contributed by atoms with Gasteiger partial charge in [-0.1, -0.05) is 23.2 Å². The highest BCUT2D eigenvalue weighted by molar-refractivity contribution is 6.35. The minimum absolute atomic E-state index is 0.0881. The van der Waals surface area contributed by atoms with E-state index in [9.17, 15) is 8.78 Å². The van der Waals surface area contributed by atoms with E-state index in [1.54, 1.807) is 11.6 Å². The number of halogens is 5. The monoisotopic (exact) mass is 522 g/mol. The molecule has 4 aromatic rings. The molecule has 1 aliphatic rings. The fourth-order valence-corrected chi connectivity index (χ4v) is 4.86. The van der Waals surface area contributed by atoms with E-state index in [1.807, 2.05) is 0 Å². The maximum Gasteiger partial charge on any atom is 0.248 e. The molecule has 1 saturated heterocycles. The van der Waals surface area contributed by atoms with Crippen molar-refractivity contribution in [1.29, 1.82) is 0 Å². The van der Waals surface area contributed by atoms with E-state index in [2.05, 4.69) is 15.1 Å². The predicted molar refractivity (Wildman–Crippen MR) is 125 cm³/mol. The van der Waals surface area contributed by atoms with Crippen LogP contribution in [0.1, 0.15) is 44.1 Å². The lowest BCUT2D eigenvalue weighted by Gasteiger charge is -2.23. The van der Waals surface area contributed by atoms with E-state index in [4.69, 9.17) is 32.7 Å². The van der Waals surface area contributed by atoms with Gasteiger partial charge in [0.25, 0.3) is 0 Å². The molecule has 6 nitrogen and oxygen atoms in total. The number of nitrogens with zero attached hydrogens (tertiary/aromatic N) is 4. The Balaban J connectivity index is 1.63. The Bertz CT molecular complexity index is 1390. The van der Waals surface area contributed by atoms with Crippen LogP contribution in [-0.4, -0.2) is 26.4 Å². The highest BCUT2D eigenvalue weighted by Crippen LogP contribution is 2.38. The summed E-state index contributed by atoms with van der Waals surface area (Å²) in [5, 5.41) is 5.61. The van der Waals surface area contributed by atoms with Crippen molar-refractivity contribution in [2.75, 3.05) is 6.61 Å². The summed E-state index contributed by atoms with van der Waals surface area (Å²) in [6, 6.07) is 3.75. The summed E-state index contributed by atoms with van der Waals surface area (Å²) >= 11 is 12.5. The van der Waals surface area contributed by atoms with Crippen molar-refractivity contribution in [2.45, 2.75) is 38.5 Å². The number of hydrogen-bond donors (Lipinski definition) is 0. The average molecular weight is 523 g/mol. The molecule has 1 aromatic carbocycles. The first kappa shape index (κ1) is 23.8. The Kier molecular flexibility index (Phi) is 6.57. The second-order valence-corrected chi connectivity index (χ2v) is 9.00. The minimum atomic E-state index is -1.22. The van der Waals surface area contributed by atoms with Crippen LogP contribution in [-0.2, 0) is 4.74 Å². The molecule has 3 aromatic heterocycles. The fraction of sp³-hybridized carbons (Fsp3) is 0.292. The Labute approximate surface area is 208 Å². The van der Waals surface area contributed by atoms with Gasteiger partial charge in [-0.2, -0.15) is 9.49 Å². The number of ether oxygens (including phenoxy) is 2. The van der Waals surface area contributed by atoms with Crippen LogP contribution in [0.4, 0.5) is 13.2 Å². The molecule has 0 N–H and O–H groups in total. The molecule has 11 heteroatoms. The molecular weight excluding hydrogens is 504 g/mol. The van der Waals surface area contributed by atoms with Crippen LogP contribution in [0, 0.1) is 17.6 Å². The fourth-order valence-electron chi connectivity index (χ4n) is 4.19. The van der Waals surface area contributed by atoms with Crippen molar-refractivity contribution in [3.8, 4) is 17.0 Å². The van der Waals surface area contributed by atoms with Crippen LogP contribution in [0.2, 0.25) is 10.0 Å². The van der Waals surface area contributed by atoms with Gasteiger partial charge in [0.1, 0.15) is 11.8 Å². The predicted octanol–water partition coefficient (Wildman–Crippen LogP) is 7.06. The SMILES string of the molecule is C[C@@H](Oc1cc2c(-c3cnc(F)c(F)c3)nn(C3CCCCO3)c2cc1F)c1c(Cl)cncc1Cl. The Hall–Kier alpha value is -2.88. The van der Waals surface area contributed by atoms with Crippen molar-refractivity contribution < 1.29 is 22.6 Å². The van der Waals surface area contributed by atoms with Crippen LogP contribution in [0.5, 0.6) is 5.75 Å². The van der Waals surface area contributed by atoms with Crippen LogP contribution < -0.4 is 4.74 Å². The second-order valence-electron chi connectivity index (χ2n) is 8.19. The molecule has 0 radical (unpaired) electrons. The van der Waals surface area contributed by atoms with Gasteiger partial charge in [-0.3, -0.25) is 4.98 Å². The van der Waals surface area contributed by atoms with Crippen LogP contribution in [0.25, 0.3) is 22.2 Å². The zero-order chi connectivity index (χ0) is 24.7. The standard InChI is InChI=1S/C24H19Cl2F3N4O2/c1-12(22-15(25)10-30-11-16(22)26)35-20-7-14-19(8-17(20)27)33(21-4-2-3-5-34-21)32-23(14)13-6-18(28)24(29)31-9-13/h6-12,21H,2-5H2,1H3/t12-,21?/m1/s1. The average Bonchev–Trinajstić information content (AvgIpc) is 3.19. The summed E-state index contributed by atoms with van der Waals surface area (Å²) in [7, 11) is 0. The van der Waals surface area contributed by atoms with E-state index in [0.717, 1.165) is 18.9 Å². The van der Waals surface area contributed by atoms with Crippen molar-refractivity contribution >= 4 is 34.1 Å². The largest absolute Gasteiger partial charge is 0.483 e. The molecule has 35 heavy (non-hydrogen) atoms. The number of rotatable bonds is 5. The molecule has 0 spiro atoms. The number of benzene rings is 1. The van der Waals surface area contributed by atoms with Crippen LogP contribution >= 0.6 is 23.2 Å². The van der Waals surface area contributed by atoms with Crippen molar-refractivity contribution in [3.05, 3.63) is 70.0 Å². The Morgan fingerprint density at radius 2 is 1.83 bits per heavy atom. The van der Waals surface area contributed by atoms with E-state index in [0.29, 0.717) is 29.5 Å². The lowest BCUT2D eigenvalue weighted by molar-refractivity contribution is -0.0365. The summed E-state index contributed by atoms with van der Waals surface area (Å²) in [5.74, 6) is -3.07. The molecule has 2 atom stereocenters. The maximum absolute atomic E-state index is 15.3. The summed E-state index contributed by atoms with van der Waals surface area (Å²) in [6.07, 6.45) is 5.41. The second kappa shape index (κ2) is 9.64. The lowest BCUT2D eigenvalue weighted by atomic mass is 10.1. The van der Waals surface area contributed by atoms with Gasteiger partial charge in [-0.15, -0.1) is 0 Å². The summed E-state index contributed by atoms with van der Waals surface area (Å²) in [4.78, 5) is 7.39. The van der Waals surface area contributed by atoms with Crippen molar-refractivity contribution in [2.24, 2.45) is 0 Å². The number of pyridine rings is 2. The van der Waals surface area contributed by atoms with Gasteiger partial charge in [-0.25, -0.2) is 18.4 Å². The Morgan fingerprint density at radius 1 is 1.06 bits per heavy atom. The molecule has 0 amide bonds. The van der Waals surface area contributed by atoms with Gasteiger partial charge in [-0.05, 0) is 38.3 Å². The third kappa shape index (κ3) is 4.55. The van der Waals surface area contributed by atoms with E-state index in [1.165, 1.54) is 30.7 Å². The number of aromatic nitrogens is 4. The summed E-state index contributed by atoms with van der Waals surface area (Å²) in [5.41, 5.74) is 1.40. The van der Waals surface area contributed by atoms with Gasteiger partial charge < -0.3 is 9.47 Å². The van der Waals surface area contributed by atoms with Gasteiger partial charge in [0.2, 0.25) is 5.95 Å². The highest BCUT2D eigenvalue weighted by atomic mass is 35.5. The van der Waals surface area contributed by atoms with Gasteiger partial charge in [0.15, 0.2) is 23.6 Å². The van der Waals surface area contributed by atoms with E-state index < -0.39 is 29.9 Å². The molecule has 182 valence electrons. The highest BCUT2D eigenvalue weighted by Gasteiger charge is 2.25. The van der Waals surface area contributed by atoms with E-state index in [-0.39, 0.29) is 27.1 Å². The summed E-state index contributed by atoms with van der Waals surface area (Å²) < 4.78 is 56.1. The third-order valence-electron chi connectivity index (χ3n) is 5.86. The Morgan fingerprint density at radius 3 is 2.51 bits per heavy atom. The number of hydrogen-bond acceptors (Lipinski definition) is 5. The molecule has 0 saturated carbocycles. The minimum Gasteiger partial charge on any atom is -0.483 e. The van der Waals surface area contributed by atoms with Crippen LogP contribution in [0.3, 0.4) is 0 Å². The first-order valence-electron chi connectivity index (χ1n) is 10.9. The third-order valence-corrected chi connectivity index (χ3v) is 6.46. The first-order valence-corrected chi connectivity index (χ1v) is 11.7. The van der Waals surface area contributed by atoms with Crippen molar-refractivity contribution in [3.63, 3.8) is 0 Å². The lowest BCUT2D eigenvalue weighted by Crippen LogP contribution is -2.19. The normalized spacial score (nSPS) is 17.0. The molecule has 4 heterocycles. The first-order chi connectivity index (χ1) is 16.8. The molecule has 0 bridgehead atoms. The quantitative estimate of drug-likeness (QED) is 0.262. The molecule has 0 aliphatic carbocycles. The number of fused-ring (bicyclic) bond motifs is 1.